The van der Waals surface area contributed by atoms with E-state index in [0.717, 1.165) is 38.9 Å². The lowest BCUT2D eigenvalue weighted by atomic mass is 9.85. The molecule has 0 aliphatic carbocycles. The Labute approximate surface area is 99.1 Å². The van der Waals surface area contributed by atoms with Gasteiger partial charge in [-0.2, -0.15) is 0 Å². The van der Waals surface area contributed by atoms with Gasteiger partial charge in [0.1, 0.15) is 0 Å². The summed E-state index contributed by atoms with van der Waals surface area (Å²) in [5.74, 6) is 0.593. The second-order valence-electron chi connectivity index (χ2n) is 4.91. The van der Waals surface area contributed by atoms with Gasteiger partial charge < -0.3 is 14.6 Å². The summed E-state index contributed by atoms with van der Waals surface area (Å²) in [6.07, 6.45) is 3.48. The molecule has 0 aromatic heterocycles. The van der Waals surface area contributed by atoms with E-state index in [1.807, 2.05) is 13.8 Å². The van der Waals surface area contributed by atoms with Gasteiger partial charge in [-0.15, -0.1) is 0 Å². The fourth-order valence-corrected chi connectivity index (χ4v) is 2.31. The minimum atomic E-state index is -0.382. The Hall–Kier alpha value is -0.120. The maximum Gasteiger partial charge on any atom is 0.0909 e. The Morgan fingerprint density at radius 2 is 2.00 bits per heavy atom. The molecule has 0 aromatic carbocycles. The van der Waals surface area contributed by atoms with E-state index in [1.165, 1.54) is 0 Å². The summed E-state index contributed by atoms with van der Waals surface area (Å²) in [6.45, 7) is 8.41. The lowest BCUT2D eigenvalue weighted by molar-refractivity contribution is -0.120. The van der Waals surface area contributed by atoms with Gasteiger partial charge in [-0.3, -0.25) is 0 Å². The van der Waals surface area contributed by atoms with Crippen LogP contribution in [0, 0.1) is 5.92 Å². The van der Waals surface area contributed by atoms with Gasteiger partial charge in [-0.05, 0) is 45.4 Å². The first-order chi connectivity index (χ1) is 7.62. The van der Waals surface area contributed by atoms with Gasteiger partial charge in [0.2, 0.25) is 0 Å². The molecule has 1 heterocycles. The van der Waals surface area contributed by atoms with Crippen LogP contribution in [0.4, 0.5) is 0 Å². The molecule has 2 unspecified atom stereocenters. The van der Waals surface area contributed by atoms with Crippen molar-refractivity contribution in [2.75, 3.05) is 19.8 Å². The summed E-state index contributed by atoms with van der Waals surface area (Å²) >= 11 is 0. The Morgan fingerprint density at radius 1 is 1.38 bits per heavy atom. The third-order valence-electron chi connectivity index (χ3n) is 3.78. The molecular weight excluding hydrogens is 204 g/mol. The smallest absolute Gasteiger partial charge is 0.0909 e. The second kappa shape index (κ2) is 6.58. The average Bonchev–Trinajstić information content (AvgIpc) is 2.30. The van der Waals surface area contributed by atoms with Crippen LogP contribution in [0.15, 0.2) is 0 Å². The zero-order valence-electron chi connectivity index (χ0n) is 10.9. The fraction of sp³-hybridized carbons (Fsp3) is 1.00. The van der Waals surface area contributed by atoms with Gasteiger partial charge in [0.25, 0.3) is 0 Å². The topological polar surface area (TPSA) is 38.7 Å². The molecule has 1 fully saturated rings. The number of ether oxygens (including phenoxy) is 2. The highest BCUT2D eigenvalue weighted by Gasteiger charge is 2.33. The van der Waals surface area contributed by atoms with Crippen LogP contribution < -0.4 is 0 Å². The lowest BCUT2D eigenvalue weighted by Gasteiger charge is -2.36. The molecule has 1 rings (SSSR count). The quantitative estimate of drug-likeness (QED) is 0.761. The summed E-state index contributed by atoms with van der Waals surface area (Å²) in [7, 11) is 0. The van der Waals surface area contributed by atoms with E-state index in [2.05, 4.69) is 6.92 Å². The first-order valence-corrected chi connectivity index (χ1v) is 6.52. The van der Waals surface area contributed by atoms with E-state index in [0.29, 0.717) is 12.5 Å². The number of aliphatic hydroxyl groups excluding tert-OH is 1. The first-order valence-electron chi connectivity index (χ1n) is 6.52. The molecule has 1 saturated heterocycles. The number of hydrogen-bond acceptors (Lipinski definition) is 3. The highest BCUT2D eigenvalue weighted by molar-refractivity contribution is 4.84. The molecule has 96 valence electrons. The normalized spacial score (nSPS) is 24.0. The predicted molar refractivity (Wildman–Crippen MR) is 64.5 cm³/mol. The van der Waals surface area contributed by atoms with E-state index in [4.69, 9.17) is 9.47 Å². The Balaban J connectivity index is 2.44. The molecule has 0 saturated carbocycles. The molecule has 1 aliphatic heterocycles. The monoisotopic (exact) mass is 230 g/mol. The van der Waals surface area contributed by atoms with Crippen molar-refractivity contribution in [1.29, 1.82) is 0 Å². The van der Waals surface area contributed by atoms with E-state index < -0.39 is 0 Å². The van der Waals surface area contributed by atoms with Gasteiger partial charge in [0.15, 0.2) is 0 Å². The minimum Gasteiger partial charge on any atom is -0.390 e. The number of aliphatic hydroxyl groups is 1. The summed E-state index contributed by atoms with van der Waals surface area (Å²) in [4.78, 5) is 0. The average molecular weight is 230 g/mol. The molecule has 3 heteroatoms. The third-order valence-corrected chi connectivity index (χ3v) is 3.78. The summed E-state index contributed by atoms with van der Waals surface area (Å²) in [6, 6.07) is 0. The van der Waals surface area contributed by atoms with Gasteiger partial charge in [0.05, 0.1) is 11.7 Å². The standard InChI is InChI=1S/C13H26O3/c1-4-13(3,16-5-2)12(14)10-11-6-8-15-9-7-11/h11-12,14H,4-10H2,1-3H3. The van der Waals surface area contributed by atoms with Crippen molar-refractivity contribution < 1.29 is 14.6 Å². The molecule has 0 radical (unpaired) electrons. The van der Waals surface area contributed by atoms with Crippen LogP contribution in [0.3, 0.4) is 0 Å². The molecule has 1 N–H and O–H groups in total. The molecule has 0 aromatic rings. The molecule has 0 amide bonds. The summed E-state index contributed by atoms with van der Waals surface area (Å²) < 4.78 is 11.0. The first kappa shape index (κ1) is 13.9. The van der Waals surface area contributed by atoms with Gasteiger partial charge >= 0.3 is 0 Å². The molecule has 0 spiro atoms. The molecule has 2 atom stereocenters. The molecule has 0 bridgehead atoms. The highest BCUT2D eigenvalue weighted by Crippen LogP contribution is 2.28. The van der Waals surface area contributed by atoms with Crippen LogP contribution >= 0.6 is 0 Å². The van der Waals surface area contributed by atoms with Crippen LogP contribution in [0.1, 0.15) is 46.5 Å². The van der Waals surface area contributed by atoms with Crippen LogP contribution in [-0.2, 0) is 9.47 Å². The third kappa shape index (κ3) is 3.72. The fourth-order valence-electron chi connectivity index (χ4n) is 2.31. The van der Waals surface area contributed by atoms with E-state index in [9.17, 15) is 5.11 Å². The summed E-state index contributed by atoms with van der Waals surface area (Å²) in [5, 5.41) is 10.3. The maximum atomic E-state index is 10.3. The SMILES string of the molecule is CCOC(C)(CC)C(O)CC1CCOCC1. The van der Waals surface area contributed by atoms with Crippen molar-refractivity contribution >= 4 is 0 Å². The Bertz CT molecular complexity index is 190. The highest BCUT2D eigenvalue weighted by atomic mass is 16.5. The second-order valence-corrected chi connectivity index (χ2v) is 4.91. The lowest BCUT2D eigenvalue weighted by Crippen LogP contribution is -2.43. The van der Waals surface area contributed by atoms with Gasteiger partial charge in [-0.1, -0.05) is 6.92 Å². The predicted octanol–water partition coefficient (Wildman–Crippen LogP) is 2.37. The number of hydrogen-bond donors (Lipinski definition) is 1. The molecular formula is C13H26O3. The van der Waals surface area contributed by atoms with Crippen molar-refractivity contribution in [3.05, 3.63) is 0 Å². The van der Waals surface area contributed by atoms with Crippen LogP contribution in [0.2, 0.25) is 0 Å². The Kier molecular flexibility index (Phi) is 5.73. The largest absolute Gasteiger partial charge is 0.390 e. The van der Waals surface area contributed by atoms with Gasteiger partial charge in [0, 0.05) is 19.8 Å². The summed E-state index contributed by atoms with van der Waals surface area (Å²) in [5.41, 5.74) is -0.382. The van der Waals surface area contributed by atoms with Crippen LogP contribution in [0.25, 0.3) is 0 Å². The zero-order valence-corrected chi connectivity index (χ0v) is 10.9. The minimum absolute atomic E-state index is 0.361. The van der Waals surface area contributed by atoms with Gasteiger partial charge in [-0.25, -0.2) is 0 Å². The molecule has 1 aliphatic rings. The Morgan fingerprint density at radius 3 is 2.50 bits per heavy atom. The van der Waals surface area contributed by atoms with Crippen LogP contribution in [0.5, 0.6) is 0 Å². The van der Waals surface area contributed by atoms with Crippen molar-refractivity contribution in [3.63, 3.8) is 0 Å². The van der Waals surface area contributed by atoms with Crippen molar-refractivity contribution in [2.45, 2.75) is 58.2 Å². The van der Waals surface area contributed by atoms with Crippen LogP contribution in [-0.4, -0.2) is 36.6 Å². The zero-order chi connectivity index (χ0) is 12.0. The van der Waals surface area contributed by atoms with Crippen molar-refractivity contribution in [1.82, 2.24) is 0 Å². The number of rotatable bonds is 6. The van der Waals surface area contributed by atoms with Crippen molar-refractivity contribution in [2.24, 2.45) is 5.92 Å². The molecule has 16 heavy (non-hydrogen) atoms. The van der Waals surface area contributed by atoms with E-state index >= 15 is 0 Å². The maximum absolute atomic E-state index is 10.3. The van der Waals surface area contributed by atoms with E-state index in [-0.39, 0.29) is 11.7 Å². The van der Waals surface area contributed by atoms with E-state index in [1.54, 1.807) is 0 Å². The van der Waals surface area contributed by atoms with Crippen molar-refractivity contribution in [3.8, 4) is 0 Å². The molecule has 3 nitrogen and oxygen atoms in total.